The number of nitro benzene ring substituents is 1. The maximum atomic E-state index is 10.8. The molecule has 2 atom stereocenters. The lowest BCUT2D eigenvalue weighted by Gasteiger charge is -2.13. The van der Waals surface area contributed by atoms with E-state index >= 15 is 0 Å². The van der Waals surface area contributed by atoms with Gasteiger partial charge in [0, 0.05) is 17.2 Å². The van der Waals surface area contributed by atoms with Crippen LogP contribution in [-0.2, 0) is 6.42 Å². The number of ether oxygens (including phenoxy) is 1. The molecule has 1 saturated heterocycles. The molecule has 0 aromatic heterocycles. The molecule has 0 aliphatic carbocycles. The molecule has 1 aromatic rings. The number of nitro groups is 1. The fourth-order valence-corrected chi connectivity index (χ4v) is 3.88. The first kappa shape index (κ1) is 13.5. The third-order valence-electron chi connectivity index (χ3n) is 3.02. The molecule has 1 fully saturated rings. The van der Waals surface area contributed by atoms with E-state index in [1.807, 2.05) is 17.8 Å². The van der Waals surface area contributed by atoms with Gasteiger partial charge >= 0.3 is 0 Å². The van der Waals surface area contributed by atoms with Crippen LogP contribution < -0.4 is 4.74 Å². The van der Waals surface area contributed by atoms with E-state index in [4.69, 9.17) is 16.3 Å². The Labute approximate surface area is 115 Å². The minimum Gasteiger partial charge on any atom is -0.496 e. The van der Waals surface area contributed by atoms with Crippen molar-refractivity contribution in [3.63, 3.8) is 0 Å². The van der Waals surface area contributed by atoms with E-state index in [0.717, 1.165) is 23.5 Å². The molecule has 98 valence electrons. The lowest BCUT2D eigenvalue weighted by Crippen LogP contribution is -2.14. The highest BCUT2D eigenvalue weighted by atomic mass is 35.5. The predicted octanol–water partition coefficient (Wildman–Crippen LogP) is 3.12. The largest absolute Gasteiger partial charge is 0.496 e. The maximum absolute atomic E-state index is 10.8. The summed E-state index contributed by atoms with van der Waals surface area (Å²) >= 11 is 8.05. The van der Waals surface area contributed by atoms with Crippen molar-refractivity contribution in [1.29, 1.82) is 0 Å². The summed E-state index contributed by atoms with van der Waals surface area (Å²) in [5.41, 5.74) is 0.986. The van der Waals surface area contributed by atoms with E-state index in [1.165, 1.54) is 13.2 Å². The molecule has 4 nitrogen and oxygen atoms in total. The second-order valence-corrected chi connectivity index (χ2v) is 5.95. The van der Waals surface area contributed by atoms with Crippen molar-refractivity contribution in [2.75, 3.05) is 18.6 Å². The van der Waals surface area contributed by atoms with Crippen LogP contribution in [0.3, 0.4) is 0 Å². The number of hydrogen-bond acceptors (Lipinski definition) is 4. The summed E-state index contributed by atoms with van der Waals surface area (Å²) in [6.07, 6.45) is 0.763. The number of non-ortho nitro benzene ring substituents is 1. The highest BCUT2D eigenvalue weighted by molar-refractivity contribution is 7.99. The predicted molar refractivity (Wildman–Crippen MR) is 73.8 cm³/mol. The lowest BCUT2D eigenvalue weighted by atomic mass is 9.98. The van der Waals surface area contributed by atoms with E-state index in [9.17, 15) is 10.1 Å². The zero-order chi connectivity index (χ0) is 13.1. The molecule has 0 bridgehead atoms. The van der Waals surface area contributed by atoms with E-state index in [-0.39, 0.29) is 11.1 Å². The van der Waals surface area contributed by atoms with Crippen LogP contribution in [0, 0.1) is 16.0 Å². The van der Waals surface area contributed by atoms with Crippen molar-refractivity contribution >= 4 is 29.1 Å². The Bertz CT molecular complexity index is 455. The number of alkyl halides is 1. The first-order valence-electron chi connectivity index (χ1n) is 5.64. The second-order valence-electron chi connectivity index (χ2n) is 4.31. The summed E-state index contributed by atoms with van der Waals surface area (Å²) in [5, 5.41) is 11.0. The van der Waals surface area contributed by atoms with Crippen molar-refractivity contribution in [3.05, 3.63) is 33.9 Å². The molecule has 6 heteroatoms. The molecule has 1 aromatic carbocycles. The minimum atomic E-state index is -0.395. The normalized spacial score (nSPS) is 23.0. The van der Waals surface area contributed by atoms with Crippen molar-refractivity contribution in [1.82, 2.24) is 0 Å². The molecule has 2 unspecified atom stereocenters. The summed E-state index contributed by atoms with van der Waals surface area (Å²) in [6, 6.07) is 4.89. The van der Waals surface area contributed by atoms with Gasteiger partial charge in [-0.3, -0.25) is 10.1 Å². The Hall–Kier alpha value is -0.940. The molecule has 0 radical (unpaired) electrons. The summed E-state index contributed by atoms with van der Waals surface area (Å²) in [7, 11) is 1.51. The van der Waals surface area contributed by atoms with Crippen LogP contribution in [-0.4, -0.2) is 28.9 Å². The van der Waals surface area contributed by atoms with Gasteiger partial charge in [-0.15, -0.1) is 11.6 Å². The van der Waals surface area contributed by atoms with Crippen LogP contribution in [0.4, 0.5) is 5.69 Å². The van der Waals surface area contributed by atoms with Crippen LogP contribution in [0.1, 0.15) is 5.56 Å². The molecule has 0 saturated carbocycles. The lowest BCUT2D eigenvalue weighted by molar-refractivity contribution is -0.385. The van der Waals surface area contributed by atoms with Crippen molar-refractivity contribution < 1.29 is 9.66 Å². The summed E-state index contributed by atoms with van der Waals surface area (Å²) in [4.78, 5) is 10.4. The Kier molecular flexibility index (Phi) is 4.35. The van der Waals surface area contributed by atoms with Crippen molar-refractivity contribution in [2.45, 2.75) is 11.8 Å². The van der Waals surface area contributed by atoms with Crippen LogP contribution in [0.2, 0.25) is 0 Å². The fraction of sp³-hybridized carbons (Fsp3) is 0.500. The van der Waals surface area contributed by atoms with Gasteiger partial charge in [0.25, 0.3) is 5.69 Å². The van der Waals surface area contributed by atoms with Gasteiger partial charge in [0.2, 0.25) is 0 Å². The van der Waals surface area contributed by atoms with Gasteiger partial charge in [0.05, 0.1) is 18.1 Å². The zero-order valence-electron chi connectivity index (χ0n) is 9.97. The van der Waals surface area contributed by atoms with Gasteiger partial charge in [-0.2, -0.15) is 11.8 Å². The fourth-order valence-electron chi connectivity index (χ4n) is 2.05. The molecule has 2 rings (SSSR count). The third-order valence-corrected chi connectivity index (χ3v) is 4.97. The first-order valence-corrected chi connectivity index (χ1v) is 7.23. The van der Waals surface area contributed by atoms with E-state index in [2.05, 4.69) is 0 Å². The monoisotopic (exact) mass is 287 g/mol. The second kappa shape index (κ2) is 5.80. The smallest absolute Gasteiger partial charge is 0.273 e. The Balaban J connectivity index is 2.21. The van der Waals surface area contributed by atoms with E-state index in [1.54, 1.807) is 6.07 Å². The quantitative estimate of drug-likeness (QED) is 0.485. The summed E-state index contributed by atoms with van der Waals surface area (Å²) in [5.74, 6) is 2.87. The van der Waals surface area contributed by atoms with Gasteiger partial charge in [-0.1, -0.05) is 0 Å². The standard InChI is InChI=1S/C12H14ClNO3S/c1-17-11-4-8(3-10(5-11)14(15)16)2-9-6-18-7-12(9)13/h3-5,9,12H,2,6-7H2,1H3. The molecular formula is C12H14ClNO3S. The average molecular weight is 288 g/mol. The van der Waals surface area contributed by atoms with Crippen LogP contribution in [0.25, 0.3) is 0 Å². The van der Waals surface area contributed by atoms with E-state index < -0.39 is 4.92 Å². The van der Waals surface area contributed by atoms with Crippen molar-refractivity contribution in [3.8, 4) is 5.75 Å². The molecule has 18 heavy (non-hydrogen) atoms. The van der Waals surface area contributed by atoms with Crippen LogP contribution in [0.5, 0.6) is 5.75 Å². The average Bonchev–Trinajstić information content (AvgIpc) is 2.74. The molecule has 1 aliphatic heterocycles. The molecular weight excluding hydrogens is 274 g/mol. The minimum absolute atomic E-state index is 0.0705. The third kappa shape index (κ3) is 3.09. The number of halogens is 1. The van der Waals surface area contributed by atoms with Gasteiger partial charge in [-0.05, 0) is 29.7 Å². The topological polar surface area (TPSA) is 52.4 Å². The summed E-state index contributed by atoms with van der Waals surface area (Å²) in [6.45, 7) is 0. The molecule has 0 N–H and O–H groups in total. The zero-order valence-corrected chi connectivity index (χ0v) is 11.5. The summed E-state index contributed by atoms with van der Waals surface area (Å²) < 4.78 is 5.09. The number of nitrogens with zero attached hydrogens (tertiary/aromatic N) is 1. The number of benzene rings is 1. The van der Waals surface area contributed by atoms with Gasteiger partial charge < -0.3 is 4.74 Å². The highest BCUT2D eigenvalue weighted by Crippen LogP contribution is 2.32. The van der Waals surface area contributed by atoms with Crippen LogP contribution in [0.15, 0.2) is 18.2 Å². The number of hydrogen-bond donors (Lipinski definition) is 0. The molecule has 1 aliphatic rings. The Morgan fingerprint density at radius 2 is 2.28 bits per heavy atom. The SMILES string of the molecule is COc1cc(CC2CSCC2Cl)cc([N+](=O)[O-])c1. The van der Waals surface area contributed by atoms with Gasteiger partial charge in [-0.25, -0.2) is 0 Å². The highest BCUT2D eigenvalue weighted by Gasteiger charge is 2.26. The van der Waals surface area contributed by atoms with Crippen molar-refractivity contribution in [2.24, 2.45) is 5.92 Å². The maximum Gasteiger partial charge on any atom is 0.273 e. The Morgan fingerprint density at radius 3 is 2.83 bits per heavy atom. The Morgan fingerprint density at radius 1 is 1.50 bits per heavy atom. The van der Waals surface area contributed by atoms with Gasteiger partial charge in [0.15, 0.2) is 0 Å². The number of methoxy groups -OCH3 is 1. The van der Waals surface area contributed by atoms with Gasteiger partial charge in [0.1, 0.15) is 5.75 Å². The first-order chi connectivity index (χ1) is 8.60. The molecule has 0 spiro atoms. The molecule has 0 amide bonds. The number of rotatable bonds is 4. The van der Waals surface area contributed by atoms with E-state index in [0.29, 0.717) is 11.7 Å². The number of thioether (sulfide) groups is 1. The van der Waals surface area contributed by atoms with Crippen LogP contribution >= 0.6 is 23.4 Å². The molecule has 1 heterocycles.